The van der Waals surface area contributed by atoms with E-state index in [4.69, 9.17) is 5.73 Å². The predicted molar refractivity (Wildman–Crippen MR) is 127 cm³/mol. The molecule has 35 heavy (non-hydrogen) atoms. The van der Waals surface area contributed by atoms with Gasteiger partial charge in [0.25, 0.3) is 0 Å². The van der Waals surface area contributed by atoms with Gasteiger partial charge in [0.2, 0.25) is 0 Å². The van der Waals surface area contributed by atoms with Crippen LogP contribution in [0.4, 0.5) is 18.9 Å². The fourth-order valence-electron chi connectivity index (χ4n) is 4.47. The molecule has 3 heterocycles. The van der Waals surface area contributed by atoms with E-state index in [1.807, 2.05) is 11.8 Å². The summed E-state index contributed by atoms with van der Waals surface area (Å²) in [6, 6.07) is 5.78. The number of aryl methyl sites for hydroxylation is 1. The SMILES string of the molecule is CCc1cc(F)c(-c2nc(C(=O)Cc3cnccc3N3C[C@@H](N)[C@H](O)[C@@H](C)C3)ccc2F)c(F)c1. The topological polar surface area (TPSA) is 92.3 Å². The molecule has 0 saturated carbocycles. The van der Waals surface area contributed by atoms with E-state index in [9.17, 15) is 23.1 Å². The van der Waals surface area contributed by atoms with Crippen LogP contribution in [0.3, 0.4) is 0 Å². The Hall–Kier alpha value is -3.30. The van der Waals surface area contributed by atoms with Crippen LogP contribution in [0.25, 0.3) is 11.3 Å². The summed E-state index contributed by atoms with van der Waals surface area (Å²) in [4.78, 5) is 23.2. The molecular weight excluding hydrogens is 457 g/mol. The van der Waals surface area contributed by atoms with E-state index in [0.29, 0.717) is 30.6 Å². The minimum Gasteiger partial charge on any atom is -0.391 e. The highest BCUT2D eigenvalue weighted by Crippen LogP contribution is 2.30. The Bertz CT molecular complexity index is 1220. The van der Waals surface area contributed by atoms with Crippen LogP contribution in [-0.2, 0) is 12.8 Å². The van der Waals surface area contributed by atoms with E-state index in [2.05, 4.69) is 9.97 Å². The molecule has 1 aliphatic heterocycles. The van der Waals surface area contributed by atoms with Gasteiger partial charge in [0.1, 0.15) is 28.8 Å². The number of anilines is 1. The lowest BCUT2D eigenvalue weighted by molar-refractivity contribution is 0.0784. The Labute approximate surface area is 201 Å². The van der Waals surface area contributed by atoms with Crippen LogP contribution in [0, 0.1) is 23.4 Å². The smallest absolute Gasteiger partial charge is 0.185 e. The van der Waals surface area contributed by atoms with Crippen molar-refractivity contribution in [3.63, 3.8) is 0 Å². The largest absolute Gasteiger partial charge is 0.391 e. The zero-order valence-corrected chi connectivity index (χ0v) is 19.5. The lowest BCUT2D eigenvalue weighted by Crippen LogP contribution is -2.55. The summed E-state index contributed by atoms with van der Waals surface area (Å²) >= 11 is 0. The third kappa shape index (κ3) is 5.06. The number of Topliss-reactive ketones (excluding diaryl/α,β-unsaturated/α-hetero) is 1. The number of hydrogen-bond donors (Lipinski definition) is 2. The number of aliphatic hydroxyl groups excluding tert-OH is 1. The first-order chi connectivity index (χ1) is 16.7. The van der Waals surface area contributed by atoms with Crippen LogP contribution in [0.2, 0.25) is 0 Å². The van der Waals surface area contributed by atoms with Gasteiger partial charge in [0, 0.05) is 55.1 Å². The highest BCUT2D eigenvalue weighted by atomic mass is 19.1. The number of hydrogen-bond acceptors (Lipinski definition) is 6. The summed E-state index contributed by atoms with van der Waals surface area (Å²) in [5.74, 6) is -3.34. The van der Waals surface area contributed by atoms with Crippen molar-refractivity contribution in [3.8, 4) is 11.3 Å². The molecule has 1 fully saturated rings. The lowest BCUT2D eigenvalue weighted by atomic mass is 9.92. The molecule has 0 bridgehead atoms. The predicted octanol–water partition coefficient (Wildman–Crippen LogP) is 3.69. The third-order valence-corrected chi connectivity index (χ3v) is 6.41. The number of aliphatic hydroxyl groups is 1. The van der Waals surface area contributed by atoms with Crippen LogP contribution in [0.15, 0.2) is 42.7 Å². The first-order valence-electron chi connectivity index (χ1n) is 11.5. The Morgan fingerprint density at radius 2 is 1.86 bits per heavy atom. The molecule has 6 nitrogen and oxygen atoms in total. The zero-order chi connectivity index (χ0) is 25.3. The van der Waals surface area contributed by atoms with Crippen molar-refractivity contribution < 1.29 is 23.1 Å². The molecule has 9 heteroatoms. The van der Waals surface area contributed by atoms with Gasteiger partial charge in [-0.3, -0.25) is 9.78 Å². The molecule has 1 saturated heterocycles. The number of ketones is 1. The van der Waals surface area contributed by atoms with E-state index >= 15 is 0 Å². The molecule has 0 radical (unpaired) electrons. The first kappa shape index (κ1) is 24.8. The number of rotatable bonds is 6. The molecule has 3 atom stereocenters. The van der Waals surface area contributed by atoms with E-state index in [0.717, 1.165) is 23.9 Å². The highest BCUT2D eigenvalue weighted by Gasteiger charge is 2.32. The molecule has 1 aliphatic rings. The van der Waals surface area contributed by atoms with E-state index in [1.54, 1.807) is 25.4 Å². The number of piperidine rings is 1. The minimum atomic E-state index is -0.940. The van der Waals surface area contributed by atoms with Crippen LogP contribution >= 0.6 is 0 Å². The van der Waals surface area contributed by atoms with E-state index < -0.39 is 46.6 Å². The van der Waals surface area contributed by atoms with Crippen molar-refractivity contribution in [3.05, 3.63) is 77.0 Å². The van der Waals surface area contributed by atoms with Gasteiger partial charge in [0.15, 0.2) is 5.78 Å². The minimum absolute atomic E-state index is 0.0688. The van der Waals surface area contributed by atoms with E-state index in [-0.39, 0.29) is 18.0 Å². The summed E-state index contributed by atoms with van der Waals surface area (Å²) in [5.41, 5.74) is 6.59. The zero-order valence-electron chi connectivity index (χ0n) is 19.5. The molecule has 1 aromatic carbocycles. The maximum absolute atomic E-state index is 14.6. The second kappa shape index (κ2) is 10.1. The Balaban J connectivity index is 1.64. The summed E-state index contributed by atoms with van der Waals surface area (Å²) in [7, 11) is 0. The number of halogens is 3. The Morgan fingerprint density at radius 3 is 2.51 bits per heavy atom. The average Bonchev–Trinajstić information content (AvgIpc) is 2.83. The molecular formula is C26H27F3N4O2. The van der Waals surface area contributed by atoms with Crippen LogP contribution in [0.1, 0.15) is 35.5 Å². The molecule has 3 N–H and O–H groups in total. The summed E-state index contributed by atoms with van der Waals surface area (Å²) < 4.78 is 43.8. The average molecular weight is 485 g/mol. The molecule has 0 aliphatic carbocycles. The second-order valence-electron chi connectivity index (χ2n) is 8.96. The quantitative estimate of drug-likeness (QED) is 0.519. The fourth-order valence-corrected chi connectivity index (χ4v) is 4.47. The van der Waals surface area contributed by atoms with Crippen LogP contribution in [-0.4, -0.2) is 46.1 Å². The molecule has 0 amide bonds. The van der Waals surface area contributed by atoms with E-state index in [1.165, 1.54) is 6.07 Å². The Kier molecular flexibility index (Phi) is 7.18. The van der Waals surface area contributed by atoms with Gasteiger partial charge in [-0.1, -0.05) is 13.8 Å². The fraction of sp³-hybridized carbons (Fsp3) is 0.346. The molecule has 2 aromatic heterocycles. The van der Waals surface area contributed by atoms with Crippen LogP contribution < -0.4 is 10.6 Å². The van der Waals surface area contributed by atoms with Gasteiger partial charge in [-0.15, -0.1) is 0 Å². The van der Waals surface area contributed by atoms with Crippen molar-refractivity contribution >= 4 is 11.5 Å². The Morgan fingerprint density at radius 1 is 1.14 bits per heavy atom. The van der Waals surface area contributed by atoms with Crippen molar-refractivity contribution in [2.45, 2.75) is 38.8 Å². The number of carbonyl (C=O) groups is 1. The van der Waals surface area contributed by atoms with Crippen molar-refractivity contribution in [1.82, 2.24) is 9.97 Å². The van der Waals surface area contributed by atoms with Gasteiger partial charge in [-0.2, -0.15) is 0 Å². The van der Waals surface area contributed by atoms with Crippen LogP contribution in [0.5, 0.6) is 0 Å². The molecule has 0 unspecified atom stereocenters. The third-order valence-electron chi connectivity index (χ3n) is 6.41. The number of nitrogens with two attached hydrogens (primary N) is 1. The summed E-state index contributed by atoms with van der Waals surface area (Å²) in [6.45, 7) is 4.60. The number of pyridine rings is 2. The monoisotopic (exact) mass is 484 g/mol. The maximum Gasteiger partial charge on any atom is 0.185 e. The van der Waals surface area contributed by atoms with Crippen molar-refractivity contribution in [2.75, 3.05) is 18.0 Å². The van der Waals surface area contributed by atoms with Gasteiger partial charge >= 0.3 is 0 Å². The summed E-state index contributed by atoms with van der Waals surface area (Å²) in [6.07, 6.45) is 2.85. The maximum atomic E-state index is 14.6. The van der Waals surface area contributed by atoms with Gasteiger partial charge in [0.05, 0.1) is 11.7 Å². The standard InChI is InChI=1S/C26H27F3N4O2/c1-3-15-8-18(28)24(19(29)9-15)25-17(27)4-5-21(32-25)23(34)10-16-11-31-7-6-22(16)33-12-14(2)26(35)20(30)13-33/h4-9,11,14,20,26,35H,3,10,12-13,30H2,1-2H3/t14-,20+,26+/m0/s1. The number of carbonyl (C=O) groups excluding carboxylic acids is 1. The molecule has 0 spiro atoms. The lowest BCUT2D eigenvalue weighted by Gasteiger charge is -2.40. The molecule has 184 valence electrons. The number of nitrogens with zero attached hydrogens (tertiary/aromatic N) is 3. The second-order valence-corrected chi connectivity index (χ2v) is 8.96. The van der Waals surface area contributed by atoms with Gasteiger partial charge in [-0.05, 0) is 42.3 Å². The van der Waals surface area contributed by atoms with Gasteiger partial charge in [-0.25, -0.2) is 18.2 Å². The van der Waals surface area contributed by atoms with Gasteiger partial charge < -0.3 is 15.7 Å². The first-order valence-corrected chi connectivity index (χ1v) is 11.5. The molecule has 3 aromatic rings. The number of aromatic nitrogens is 2. The van der Waals surface area contributed by atoms with Crippen molar-refractivity contribution in [2.24, 2.45) is 11.7 Å². The molecule has 4 rings (SSSR count). The highest BCUT2D eigenvalue weighted by molar-refractivity contribution is 5.97. The summed E-state index contributed by atoms with van der Waals surface area (Å²) in [5, 5.41) is 10.2. The van der Waals surface area contributed by atoms with Crippen molar-refractivity contribution in [1.29, 1.82) is 0 Å². The normalized spacial score (nSPS) is 20.2. The number of benzene rings is 1.